The standard InChI is InChI=1S/C23H24Cl2FN5O2S/c1-12(2)20(28-22(33)14-6-8-16(24)17(25)9-14)21-29-30-23(31(21)4)34-11-19(32)27-18-10-15(26)7-5-13(18)3/h5-10,12,20H,11H2,1-4H3,(H,27,32)(H,28,33)/t20-/m1/s1. The zero-order valence-corrected chi connectivity index (χ0v) is 21.4. The van der Waals surface area contributed by atoms with Gasteiger partial charge < -0.3 is 15.2 Å². The molecule has 1 aromatic heterocycles. The molecule has 2 aromatic carbocycles. The van der Waals surface area contributed by atoms with Gasteiger partial charge in [-0.05, 0) is 48.7 Å². The van der Waals surface area contributed by atoms with Crippen LogP contribution < -0.4 is 10.6 Å². The van der Waals surface area contributed by atoms with E-state index in [0.29, 0.717) is 32.3 Å². The van der Waals surface area contributed by atoms with E-state index in [1.807, 2.05) is 13.8 Å². The van der Waals surface area contributed by atoms with E-state index >= 15 is 0 Å². The summed E-state index contributed by atoms with van der Waals surface area (Å²) in [6, 6.07) is 8.46. The molecule has 3 rings (SSSR count). The first-order chi connectivity index (χ1) is 16.1. The molecule has 0 fully saturated rings. The number of amides is 2. The molecule has 0 aliphatic heterocycles. The summed E-state index contributed by atoms with van der Waals surface area (Å²) < 4.78 is 15.2. The maximum absolute atomic E-state index is 13.5. The highest BCUT2D eigenvalue weighted by atomic mass is 35.5. The number of rotatable bonds is 8. The third-order valence-electron chi connectivity index (χ3n) is 5.09. The highest BCUT2D eigenvalue weighted by Gasteiger charge is 2.25. The molecule has 0 unspecified atom stereocenters. The van der Waals surface area contributed by atoms with Gasteiger partial charge in [0, 0.05) is 18.3 Å². The molecule has 0 aliphatic rings. The van der Waals surface area contributed by atoms with Crippen molar-refractivity contribution < 1.29 is 14.0 Å². The molecule has 0 spiro atoms. The second-order valence-corrected chi connectivity index (χ2v) is 9.78. The SMILES string of the molecule is Cc1ccc(F)cc1NC(=O)CSc1nnc([C@H](NC(=O)c2ccc(Cl)c(Cl)c2)C(C)C)n1C. The summed E-state index contributed by atoms with van der Waals surface area (Å²) in [7, 11) is 1.77. The molecule has 11 heteroatoms. The van der Waals surface area contributed by atoms with E-state index in [2.05, 4.69) is 20.8 Å². The number of nitrogens with zero attached hydrogens (tertiary/aromatic N) is 3. The van der Waals surface area contributed by atoms with Crippen molar-refractivity contribution >= 4 is 52.5 Å². The number of aromatic nitrogens is 3. The Morgan fingerprint density at radius 1 is 1.12 bits per heavy atom. The molecule has 1 atom stereocenters. The molecule has 0 saturated heterocycles. The minimum Gasteiger partial charge on any atom is -0.342 e. The summed E-state index contributed by atoms with van der Waals surface area (Å²) in [5.74, 6) is -0.423. The van der Waals surface area contributed by atoms with Gasteiger partial charge in [-0.1, -0.05) is 54.9 Å². The topological polar surface area (TPSA) is 88.9 Å². The predicted molar refractivity (Wildman–Crippen MR) is 133 cm³/mol. The molecule has 0 saturated carbocycles. The van der Waals surface area contributed by atoms with Crippen LogP contribution >= 0.6 is 35.0 Å². The summed E-state index contributed by atoms with van der Waals surface area (Å²) in [5.41, 5.74) is 1.56. The molecule has 3 aromatic rings. The monoisotopic (exact) mass is 523 g/mol. The van der Waals surface area contributed by atoms with Crippen LogP contribution in [0.4, 0.5) is 10.1 Å². The molecule has 2 amide bonds. The highest BCUT2D eigenvalue weighted by Crippen LogP contribution is 2.26. The van der Waals surface area contributed by atoms with Gasteiger partial charge in [0.2, 0.25) is 5.91 Å². The van der Waals surface area contributed by atoms with Crippen molar-refractivity contribution in [3.8, 4) is 0 Å². The highest BCUT2D eigenvalue weighted by molar-refractivity contribution is 7.99. The van der Waals surface area contributed by atoms with Crippen molar-refractivity contribution in [3.63, 3.8) is 0 Å². The summed E-state index contributed by atoms with van der Waals surface area (Å²) in [5, 5.41) is 15.3. The normalized spacial score (nSPS) is 12.0. The first-order valence-corrected chi connectivity index (χ1v) is 12.1. The van der Waals surface area contributed by atoms with Gasteiger partial charge >= 0.3 is 0 Å². The van der Waals surface area contributed by atoms with Crippen molar-refractivity contribution in [3.05, 3.63) is 69.2 Å². The Bertz CT molecular complexity index is 1220. The van der Waals surface area contributed by atoms with E-state index in [0.717, 1.165) is 5.56 Å². The molecule has 7 nitrogen and oxygen atoms in total. The number of nitrogens with one attached hydrogen (secondary N) is 2. The number of hydrogen-bond acceptors (Lipinski definition) is 5. The lowest BCUT2D eigenvalue weighted by molar-refractivity contribution is -0.113. The number of aryl methyl sites for hydroxylation is 1. The van der Waals surface area contributed by atoms with Gasteiger partial charge in [0.25, 0.3) is 5.91 Å². The number of benzene rings is 2. The summed E-state index contributed by atoms with van der Waals surface area (Å²) >= 11 is 13.2. The number of halogens is 3. The third kappa shape index (κ3) is 6.28. The maximum Gasteiger partial charge on any atom is 0.251 e. The van der Waals surface area contributed by atoms with Crippen LogP contribution in [0.5, 0.6) is 0 Å². The van der Waals surface area contributed by atoms with Gasteiger partial charge in [-0.25, -0.2) is 4.39 Å². The lowest BCUT2D eigenvalue weighted by Crippen LogP contribution is -2.33. The minimum absolute atomic E-state index is 0.00623. The van der Waals surface area contributed by atoms with Gasteiger partial charge in [0.05, 0.1) is 21.8 Å². The van der Waals surface area contributed by atoms with Crippen LogP contribution in [-0.2, 0) is 11.8 Å². The average molecular weight is 524 g/mol. The number of hydrogen-bond donors (Lipinski definition) is 2. The molecule has 0 aliphatic carbocycles. The first-order valence-electron chi connectivity index (χ1n) is 10.4. The van der Waals surface area contributed by atoms with E-state index in [1.165, 1.54) is 30.0 Å². The molecule has 34 heavy (non-hydrogen) atoms. The molecular formula is C23H24Cl2FN5O2S. The molecule has 0 bridgehead atoms. The lowest BCUT2D eigenvalue weighted by Gasteiger charge is -2.22. The number of carbonyl (C=O) groups is 2. The first kappa shape index (κ1) is 26.0. The third-order valence-corrected chi connectivity index (χ3v) is 6.85. The average Bonchev–Trinajstić information content (AvgIpc) is 3.14. The van der Waals surface area contributed by atoms with E-state index in [-0.39, 0.29) is 23.5 Å². The Morgan fingerprint density at radius 2 is 1.85 bits per heavy atom. The van der Waals surface area contributed by atoms with Gasteiger partial charge in [0.1, 0.15) is 5.82 Å². The largest absolute Gasteiger partial charge is 0.342 e. The fraction of sp³-hybridized carbons (Fsp3) is 0.304. The minimum atomic E-state index is -0.433. The van der Waals surface area contributed by atoms with Gasteiger partial charge in [-0.15, -0.1) is 10.2 Å². The lowest BCUT2D eigenvalue weighted by atomic mass is 10.0. The van der Waals surface area contributed by atoms with Crippen LogP contribution in [-0.4, -0.2) is 32.3 Å². The molecule has 180 valence electrons. The molecule has 0 radical (unpaired) electrons. The molecule has 1 heterocycles. The van der Waals surface area contributed by atoms with Crippen LogP contribution in [0, 0.1) is 18.7 Å². The Hall–Kier alpha value is -2.62. The molecule has 2 N–H and O–H groups in total. The van der Waals surface area contributed by atoms with Crippen molar-refractivity contribution in [2.24, 2.45) is 13.0 Å². The van der Waals surface area contributed by atoms with Crippen molar-refractivity contribution in [2.45, 2.75) is 32.0 Å². The maximum atomic E-state index is 13.5. The predicted octanol–water partition coefficient (Wildman–Crippen LogP) is 5.43. The number of carbonyl (C=O) groups excluding carboxylic acids is 2. The summed E-state index contributed by atoms with van der Waals surface area (Å²) in [6.45, 7) is 5.70. The fourth-order valence-electron chi connectivity index (χ4n) is 3.16. The van der Waals surface area contributed by atoms with Gasteiger partial charge in [-0.3, -0.25) is 9.59 Å². The van der Waals surface area contributed by atoms with Crippen molar-refractivity contribution in [1.29, 1.82) is 0 Å². The number of thioether (sulfide) groups is 1. The second kappa shape index (κ2) is 11.2. The Kier molecular flexibility index (Phi) is 8.57. The van der Waals surface area contributed by atoms with E-state index < -0.39 is 11.9 Å². The summed E-state index contributed by atoms with van der Waals surface area (Å²) in [6.07, 6.45) is 0. The Balaban J connectivity index is 1.68. The van der Waals surface area contributed by atoms with Gasteiger partial charge in [0.15, 0.2) is 11.0 Å². The van der Waals surface area contributed by atoms with Crippen LogP contribution in [0.3, 0.4) is 0 Å². The fourth-order valence-corrected chi connectivity index (χ4v) is 4.18. The van der Waals surface area contributed by atoms with E-state index in [9.17, 15) is 14.0 Å². The Labute approximate surface area is 211 Å². The zero-order chi connectivity index (χ0) is 25.0. The van der Waals surface area contributed by atoms with Crippen LogP contribution in [0.2, 0.25) is 10.0 Å². The van der Waals surface area contributed by atoms with Crippen LogP contribution in [0.25, 0.3) is 0 Å². The van der Waals surface area contributed by atoms with E-state index in [4.69, 9.17) is 23.2 Å². The second-order valence-electron chi connectivity index (χ2n) is 8.02. The van der Waals surface area contributed by atoms with Crippen LogP contribution in [0.1, 0.15) is 41.6 Å². The van der Waals surface area contributed by atoms with Crippen molar-refractivity contribution in [1.82, 2.24) is 20.1 Å². The van der Waals surface area contributed by atoms with E-state index in [1.54, 1.807) is 36.7 Å². The zero-order valence-electron chi connectivity index (χ0n) is 19.0. The summed E-state index contributed by atoms with van der Waals surface area (Å²) in [4.78, 5) is 25.2. The molecular weight excluding hydrogens is 500 g/mol. The Morgan fingerprint density at radius 3 is 2.53 bits per heavy atom. The van der Waals surface area contributed by atoms with Gasteiger partial charge in [-0.2, -0.15) is 0 Å². The quantitative estimate of drug-likeness (QED) is 0.384. The van der Waals surface area contributed by atoms with Crippen molar-refractivity contribution in [2.75, 3.05) is 11.1 Å². The smallest absolute Gasteiger partial charge is 0.251 e. The van der Waals surface area contributed by atoms with Crippen LogP contribution in [0.15, 0.2) is 41.6 Å². The number of anilines is 1.